The number of hydrogen-bond acceptors (Lipinski definition) is 4. The summed E-state index contributed by atoms with van der Waals surface area (Å²) in [6.45, 7) is 4.39. The third kappa shape index (κ3) is 4.13. The van der Waals surface area contributed by atoms with E-state index in [4.69, 9.17) is 10.5 Å². The number of benzene rings is 1. The maximum absolute atomic E-state index is 5.57. The summed E-state index contributed by atoms with van der Waals surface area (Å²) in [5.74, 6) is 0.889. The SMILES string of the molecule is CSc1ccccc1NC(=NCCN)N1CCOCC1. The lowest BCUT2D eigenvalue weighted by Gasteiger charge is -2.30. The second kappa shape index (κ2) is 8.14. The molecule has 0 radical (unpaired) electrons. The molecule has 20 heavy (non-hydrogen) atoms. The van der Waals surface area contributed by atoms with Gasteiger partial charge in [-0.05, 0) is 18.4 Å². The minimum absolute atomic E-state index is 0.555. The average molecular weight is 294 g/mol. The second-order valence-electron chi connectivity index (χ2n) is 4.42. The van der Waals surface area contributed by atoms with Gasteiger partial charge in [0, 0.05) is 24.5 Å². The van der Waals surface area contributed by atoms with Gasteiger partial charge in [0.25, 0.3) is 0 Å². The van der Waals surface area contributed by atoms with Crippen LogP contribution < -0.4 is 11.1 Å². The Labute approximate surface area is 124 Å². The summed E-state index contributed by atoms with van der Waals surface area (Å²) in [7, 11) is 0. The van der Waals surface area contributed by atoms with E-state index in [9.17, 15) is 0 Å². The molecule has 1 aromatic rings. The zero-order chi connectivity index (χ0) is 14.2. The van der Waals surface area contributed by atoms with E-state index in [2.05, 4.69) is 33.6 Å². The molecule has 1 aliphatic rings. The molecule has 1 fully saturated rings. The van der Waals surface area contributed by atoms with E-state index in [-0.39, 0.29) is 0 Å². The van der Waals surface area contributed by atoms with Crippen LogP contribution in [0.5, 0.6) is 0 Å². The first-order chi connectivity index (χ1) is 9.85. The third-order valence-corrected chi connectivity index (χ3v) is 3.85. The number of nitrogens with zero attached hydrogens (tertiary/aromatic N) is 2. The Morgan fingerprint density at radius 2 is 2.15 bits per heavy atom. The molecular formula is C14H22N4OS. The number of nitrogens with two attached hydrogens (primary N) is 1. The summed E-state index contributed by atoms with van der Waals surface area (Å²) in [5.41, 5.74) is 6.66. The predicted octanol–water partition coefficient (Wildman–Crippen LogP) is 1.47. The summed E-state index contributed by atoms with van der Waals surface area (Å²) < 4.78 is 5.40. The molecule has 1 aliphatic heterocycles. The minimum Gasteiger partial charge on any atom is -0.378 e. The second-order valence-corrected chi connectivity index (χ2v) is 5.27. The van der Waals surface area contributed by atoms with Gasteiger partial charge < -0.3 is 20.7 Å². The lowest BCUT2D eigenvalue weighted by atomic mass is 10.3. The van der Waals surface area contributed by atoms with E-state index in [1.54, 1.807) is 11.8 Å². The van der Waals surface area contributed by atoms with Gasteiger partial charge >= 0.3 is 0 Å². The summed E-state index contributed by atoms with van der Waals surface area (Å²) in [6, 6.07) is 8.25. The Kier molecular flexibility index (Phi) is 6.17. The molecule has 0 saturated carbocycles. The van der Waals surface area contributed by atoms with Crippen LogP contribution in [-0.2, 0) is 4.74 Å². The van der Waals surface area contributed by atoms with Gasteiger partial charge in [-0.15, -0.1) is 11.8 Å². The van der Waals surface area contributed by atoms with Crippen LogP contribution in [0.15, 0.2) is 34.2 Å². The third-order valence-electron chi connectivity index (χ3n) is 3.05. The van der Waals surface area contributed by atoms with Gasteiger partial charge in [0.1, 0.15) is 0 Å². The minimum atomic E-state index is 0.555. The Morgan fingerprint density at radius 3 is 2.85 bits per heavy atom. The summed E-state index contributed by atoms with van der Waals surface area (Å²) in [5, 5.41) is 3.45. The summed E-state index contributed by atoms with van der Waals surface area (Å²) in [4.78, 5) is 8.01. The fourth-order valence-electron chi connectivity index (χ4n) is 2.03. The smallest absolute Gasteiger partial charge is 0.198 e. The highest BCUT2D eigenvalue weighted by Gasteiger charge is 2.16. The van der Waals surface area contributed by atoms with Crippen molar-refractivity contribution in [1.82, 2.24) is 4.90 Å². The fourth-order valence-corrected chi connectivity index (χ4v) is 2.59. The van der Waals surface area contributed by atoms with Gasteiger partial charge in [-0.25, -0.2) is 0 Å². The van der Waals surface area contributed by atoms with Crippen molar-refractivity contribution < 1.29 is 4.74 Å². The van der Waals surface area contributed by atoms with Gasteiger partial charge in [-0.3, -0.25) is 4.99 Å². The van der Waals surface area contributed by atoms with Crippen molar-refractivity contribution in [3.63, 3.8) is 0 Å². The van der Waals surface area contributed by atoms with Crippen LogP contribution >= 0.6 is 11.8 Å². The monoisotopic (exact) mass is 294 g/mol. The normalized spacial score (nSPS) is 16.3. The Balaban J connectivity index is 2.14. The molecule has 1 saturated heterocycles. The van der Waals surface area contributed by atoms with Crippen LogP contribution in [0.4, 0.5) is 5.69 Å². The molecular weight excluding hydrogens is 272 g/mol. The molecule has 0 aromatic heterocycles. The van der Waals surface area contributed by atoms with E-state index in [1.807, 2.05) is 12.1 Å². The Morgan fingerprint density at radius 1 is 1.40 bits per heavy atom. The number of thioether (sulfide) groups is 1. The van der Waals surface area contributed by atoms with Crippen molar-refractivity contribution in [2.24, 2.45) is 10.7 Å². The van der Waals surface area contributed by atoms with E-state index < -0.39 is 0 Å². The van der Waals surface area contributed by atoms with Crippen LogP contribution in [-0.4, -0.2) is 56.5 Å². The maximum atomic E-state index is 5.57. The predicted molar refractivity (Wildman–Crippen MR) is 85.6 cm³/mol. The molecule has 2 rings (SSSR count). The van der Waals surface area contributed by atoms with E-state index in [1.165, 1.54) is 4.90 Å². The highest BCUT2D eigenvalue weighted by Crippen LogP contribution is 2.24. The number of para-hydroxylation sites is 1. The summed E-state index contributed by atoms with van der Waals surface area (Å²) >= 11 is 1.72. The highest BCUT2D eigenvalue weighted by atomic mass is 32.2. The van der Waals surface area contributed by atoms with E-state index in [0.29, 0.717) is 13.1 Å². The molecule has 1 heterocycles. The van der Waals surface area contributed by atoms with Crippen molar-refractivity contribution in [3.8, 4) is 0 Å². The van der Waals surface area contributed by atoms with Crippen LogP contribution in [0.1, 0.15) is 0 Å². The average Bonchev–Trinajstić information content (AvgIpc) is 2.52. The zero-order valence-corrected chi connectivity index (χ0v) is 12.7. The lowest BCUT2D eigenvalue weighted by Crippen LogP contribution is -2.44. The Bertz CT molecular complexity index is 447. The number of anilines is 1. The van der Waals surface area contributed by atoms with Gasteiger partial charge in [0.15, 0.2) is 5.96 Å². The van der Waals surface area contributed by atoms with Crippen molar-refractivity contribution in [3.05, 3.63) is 24.3 Å². The number of guanidine groups is 1. The van der Waals surface area contributed by atoms with E-state index in [0.717, 1.165) is 38.0 Å². The molecule has 5 nitrogen and oxygen atoms in total. The first kappa shape index (κ1) is 15.2. The molecule has 0 unspecified atom stereocenters. The van der Waals surface area contributed by atoms with E-state index >= 15 is 0 Å². The number of nitrogens with one attached hydrogen (secondary N) is 1. The van der Waals surface area contributed by atoms with Gasteiger partial charge in [-0.2, -0.15) is 0 Å². The van der Waals surface area contributed by atoms with Gasteiger partial charge in [0.05, 0.1) is 25.4 Å². The molecule has 0 amide bonds. The number of aliphatic imine (C=N–C) groups is 1. The largest absolute Gasteiger partial charge is 0.378 e. The zero-order valence-electron chi connectivity index (χ0n) is 11.8. The van der Waals surface area contributed by atoms with Crippen molar-refractivity contribution >= 4 is 23.4 Å². The van der Waals surface area contributed by atoms with Crippen LogP contribution in [0.3, 0.4) is 0 Å². The number of hydrogen-bond donors (Lipinski definition) is 2. The molecule has 110 valence electrons. The molecule has 3 N–H and O–H groups in total. The number of morpholine rings is 1. The van der Waals surface area contributed by atoms with Gasteiger partial charge in [-0.1, -0.05) is 12.1 Å². The van der Waals surface area contributed by atoms with Crippen molar-refractivity contribution in [1.29, 1.82) is 0 Å². The summed E-state index contributed by atoms with van der Waals surface area (Å²) in [6.07, 6.45) is 2.08. The topological polar surface area (TPSA) is 62.9 Å². The molecule has 1 aromatic carbocycles. The van der Waals surface area contributed by atoms with Gasteiger partial charge in [0.2, 0.25) is 0 Å². The maximum Gasteiger partial charge on any atom is 0.198 e. The first-order valence-corrected chi connectivity index (χ1v) is 8.05. The highest BCUT2D eigenvalue weighted by molar-refractivity contribution is 7.98. The first-order valence-electron chi connectivity index (χ1n) is 6.82. The number of rotatable bonds is 4. The fraction of sp³-hybridized carbons (Fsp3) is 0.500. The van der Waals surface area contributed by atoms with Crippen molar-refractivity contribution in [2.45, 2.75) is 4.90 Å². The molecule has 0 atom stereocenters. The molecule has 0 aliphatic carbocycles. The molecule has 0 bridgehead atoms. The quantitative estimate of drug-likeness (QED) is 0.500. The van der Waals surface area contributed by atoms with Crippen molar-refractivity contribution in [2.75, 3.05) is 51.0 Å². The lowest BCUT2D eigenvalue weighted by molar-refractivity contribution is 0.0679. The molecule has 6 heteroatoms. The Hall–Kier alpha value is -1.24. The van der Waals surface area contributed by atoms with Crippen LogP contribution in [0.25, 0.3) is 0 Å². The van der Waals surface area contributed by atoms with Crippen LogP contribution in [0, 0.1) is 0 Å². The standard InChI is InChI=1S/C14H22N4OS/c1-20-13-5-3-2-4-12(13)17-14(16-7-6-15)18-8-10-19-11-9-18/h2-5H,6-11,15H2,1H3,(H,16,17). The van der Waals surface area contributed by atoms with Crippen LogP contribution in [0.2, 0.25) is 0 Å². The molecule has 0 spiro atoms. The number of ether oxygens (including phenoxy) is 1.